The molecule has 0 aliphatic carbocycles. The maximum Gasteiger partial charge on any atom is 0.157 e. The van der Waals surface area contributed by atoms with Crippen molar-refractivity contribution in [3.8, 4) is 11.5 Å². The summed E-state index contributed by atoms with van der Waals surface area (Å²) >= 11 is 0. The van der Waals surface area contributed by atoms with Crippen molar-refractivity contribution in [3.05, 3.63) is 60.6 Å². The summed E-state index contributed by atoms with van der Waals surface area (Å²) in [7, 11) is 0. The number of ether oxygens (including phenoxy) is 1. The molecular formula is C22H24N6O. The molecule has 29 heavy (non-hydrogen) atoms. The number of aryl methyl sites for hydroxylation is 1. The summed E-state index contributed by atoms with van der Waals surface area (Å²) in [5.74, 6) is 1.21. The number of nitrogens with zero attached hydrogens (tertiary/aromatic N) is 4. The number of anilines is 1. The number of fused-ring (bicyclic) bond motifs is 1. The van der Waals surface area contributed by atoms with Crippen LogP contribution < -0.4 is 5.32 Å². The quantitative estimate of drug-likeness (QED) is 0.521. The molecule has 0 saturated carbocycles. The zero-order valence-electron chi connectivity index (χ0n) is 16.4. The molecule has 1 saturated heterocycles. The normalized spacial score (nSPS) is 19.1. The lowest BCUT2D eigenvalue weighted by atomic mass is 9.97. The predicted octanol–water partition coefficient (Wildman–Crippen LogP) is 4.03. The van der Waals surface area contributed by atoms with Gasteiger partial charge in [-0.2, -0.15) is 5.10 Å². The molecule has 7 heteroatoms. The molecule has 1 aliphatic rings. The summed E-state index contributed by atoms with van der Waals surface area (Å²) in [5.41, 5.74) is 5.02. The number of hydrogen-bond acceptors (Lipinski definition) is 5. The fraction of sp³-hybridized carbons (Fsp3) is 0.318. The second-order valence-corrected chi connectivity index (χ2v) is 7.38. The van der Waals surface area contributed by atoms with Crippen LogP contribution in [0.2, 0.25) is 0 Å². The van der Waals surface area contributed by atoms with E-state index in [2.05, 4.69) is 50.6 Å². The number of benzene rings is 1. The monoisotopic (exact) mass is 388 g/mol. The first kappa shape index (κ1) is 17.9. The molecule has 7 nitrogen and oxygen atoms in total. The highest BCUT2D eigenvalue weighted by atomic mass is 16.5. The van der Waals surface area contributed by atoms with Crippen LogP contribution in [0.5, 0.6) is 0 Å². The van der Waals surface area contributed by atoms with Crippen molar-refractivity contribution in [2.75, 3.05) is 18.5 Å². The molecule has 0 radical (unpaired) electrons. The molecule has 2 atom stereocenters. The number of H-pyrrole nitrogens is 1. The maximum absolute atomic E-state index is 6.00. The molecule has 2 N–H and O–H groups in total. The third kappa shape index (κ3) is 3.61. The Hall–Kier alpha value is -3.19. The Morgan fingerprint density at radius 1 is 1.28 bits per heavy atom. The van der Waals surface area contributed by atoms with E-state index in [0.29, 0.717) is 5.92 Å². The van der Waals surface area contributed by atoms with Crippen LogP contribution in [0, 0.1) is 5.92 Å². The Labute approximate surface area is 169 Å². The van der Waals surface area contributed by atoms with Crippen molar-refractivity contribution in [2.24, 2.45) is 5.92 Å². The van der Waals surface area contributed by atoms with Crippen molar-refractivity contribution in [1.29, 1.82) is 0 Å². The van der Waals surface area contributed by atoms with Crippen LogP contribution in [-0.2, 0) is 11.3 Å². The minimum Gasteiger partial charge on any atom is -0.385 e. The van der Waals surface area contributed by atoms with Gasteiger partial charge in [0.1, 0.15) is 5.69 Å². The lowest BCUT2D eigenvalue weighted by Gasteiger charge is -2.18. The summed E-state index contributed by atoms with van der Waals surface area (Å²) in [6.07, 6.45) is 6.96. The molecule has 148 valence electrons. The lowest BCUT2D eigenvalue weighted by Crippen LogP contribution is -2.17. The van der Waals surface area contributed by atoms with Gasteiger partial charge in [0.05, 0.1) is 23.3 Å². The van der Waals surface area contributed by atoms with Gasteiger partial charge in [0.2, 0.25) is 0 Å². The first-order valence-electron chi connectivity index (χ1n) is 10.1. The third-order valence-corrected chi connectivity index (χ3v) is 5.48. The van der Waals surface area contributed by atoms with Gasteiger partial charge in [-0.25, -0.2) is 4.98 Å². The molecule has 1 aliphatic heterocycles. The Balaban J connectivity index is 1.30. The smallest absolute Gasteiger partial charge is 0.157 e. The van der Waals surface area contributed by atoms with Gasteiger partial charge in [-0.05, 0) is 43.7 Å². The minimum atomic E-state index is 0.106. The molecule has 0 bridgehead atoms. The molecule has 1 aromatic carbocycles. The highest BCUT2D eigenvalue weighted by Gasteiger charge is 2.30. The number of pyridine rings is 1. The average molecular weight is 388 g/mol. The van der Waals surface area contributed by atoms with E-state index in [0.717, 1.165) is 54.4 Å². The fourth-order valence-corrected chi connectivity index (χ4v) is 3.90. The van der Waals surface area contributed by atoms with E-state index < -0.39 is 0 Å². The van der Waals surface area contributed by atoms with Crippen LogP contribution >= 0.6 is 0 Å². The van der Waals surface area contributed by atoms with Gasteiger partial charge in [-0.1, -0.05) is 6.07 Å². The van der Waals surface area contributed by atoms with Crippen molar-refractivity contribution in [2.45, 2.75) is 26.0 Å². The molecule has 0 spiro atoms. The van der Waals surface area contributed by atoms with Crippen LogP contribution in [0.3, 0.4) is 0 Å². The first-order chi connectivity index (χ1) is 14.3. The van der Waals surface area contributed by atoms with Crippen LogP contribution in [0.25, 0.3) is 22.6 Å². The van der Waals surface area contributed by atoms with Crippen LogP contribution in [0.4, 0.5) is 5.69 Å². The topological polar surface area (TPSA) is 80.6 Å². The Morgan fingerprint density at radius 2 is 2.24 bits per heavy atom. The number of aromatic nitrogens is 5. The van der Waals surface area contributed by atoms with Crippen molar-refractivity contribution in [3.63, 3.8) is 0 Å². The van der Waals surface area contributed by atoms with E-state index in [1.54, 1.807) is 6.20 Å². The van der Waals surface area contributed by atoms with E-state index in [9.17, 15) is 0 Å². The van der Waals surface area contributed by atoms with Crippen LogP contribution in [-0.4, -0.2) is 37.9 Å². The van der Waals surface area contributed by atoms with Crippen molar-refractivity contribution < 1.29 is 4.74 Å². The van der Waals surface area contributed by atoms with Gasteiger partial charge in [0, 0.05) is 49.3 Å². The number of aromatic amines is 1. The van der Waals surface area contributed by atoms with Gasteiger partial charge in [-0.15, -0.1) is 0 Å². The van der Waals surface area contributed by atoms with E-state index in [-0.39, 0.29) is 6.10 Å². The van der Waals surface area contributed by atoms with Crippen LogP contribution in [0.15, 0.2) is 55.0 Å². The predicted molar refractivity (Wildman–Crippen MR) is 113 cm³/mol. The SMILES string of the molecule is CCn1cc([C@@H]2OCC[C@H]2CNc2ccc3nc(-c4ccccn4)[nH]c3c2)cn1. The Kier molecular flexibility index (Phi) is 4.73. The average Bonchev–Trinajstić information content (AvgIpc) is 3.51. The largest absolute Gasteiger partial charge is 0.385 e. The molecular weight excluding hydrogens is 364 g/mol. The molecule has 1 fully saturated rings. The second-order valence-electron chi connectivity index (χ2n) is 7.38. The number of nitrogens with one attached hydrogen (secondary N) is 2. The van der Waals surface area contributed by atoms with Gasteiger partial charge in [0.25, 0.3) is 0 Å². The first-order valence-corrected chi connectivity index (χ1v) is 10.1. The minimum absolute atomic E-state index is 0.106. The van der Waals surface area contributed by atoms with Gasteiger partial charge in [-0.3, -0.25) is 9.67 Å². The number of hydrogen-bond donors (Lipinski definition) is 2. The van der Waals surface area contributed by atoms with E-state index in [4.69, 9.17) is 4.74 Å². The summed E-state index contributed by atoms with van der Waals surface area (Å²) in [4.78, 5) is 12.4. The molecule has 0 amide bonds. The zero-order valence-corrected chi connectivity index (χ0v) is 16.4. The molecule has 3 aromatic heterocycles. The second kappa shape index (κ2) is 7.67. The lowest BCUT2D eigenvalue weighted by molar-refractivity contribution is 0.0932. The van der Waals surface area contributed by atoms with Crippen LogP contribution in [0.1, 0.15) is 25.0 Å². The zero-order chi connectivity index (χ0) is 19.6. The summed E-state index contributed by atoms with van der Waals surface area (Å²) in [6.45, 7) is 4.62. The third-order valence-electron chi connectivity index (χ3n) is 5.48. The van der Waals surface area contributed by atoms with E-state index in [1.807, 2.05) is 35.1 Å². The number of rotatable bonds is 6. The van der Waals surface area contributed by atoms with Gasteiger partial charge in [0.15, 0.2) is 5.82 Å². The van der Waals surface area contributed by atoms with Gasteiger partial charge < -0.3 is 15.0 Å². The fourth-order valence-electron chi connectivity index (χ4n) is 3.90. The highest BCUT2D eigenvalue weighted by molar-refractivity contribution is 5.82. The summed E-state index contributed by atoms with van der Waals surface area (Å²) in [5, 5.41) is 7.97. The number of imidazole rings is 1. The van der Waals surface area contributed by atoms with Crippen molar-refractivity contribution in [1.82, 2.24) is 24.7 Å². The van der Waals surface area contributed by atoms with Gasteiger partial charge >= 0.3 is 0 Å². The molecule has 5 rings (SSSR count). The molecule has 0 unspecified atom stereocenters. The Morgan fingerprint density at radius 3 is 3.07 bits per heavy atom. The summed E-state index contributed by atoms with van der Waals surface area (Å²) in [6, 6.07) is 12.0. The van der Waals surface area contributed by atoms with E-state index in [1.165, 1.54) is 5.56 Å². The Bertz CT molecular complexity index is 1100. The highest BCUT2D eigenvalue weighted by Crippen LogP contribution is 2.34. The van der Waals surface area contributed by atoms with E-state index >= 15 is 0 Å². The van der Waals surface area contributed by atoms with Crippen molar-refractivity contribution >= 4 is 16.7 Å². The summed E-state index contributed by atoms with van der Waals surface area (Å²) < 4.78 is 7.96. The standard InChI is InChI=1S/C22H24N6O/c1-2-28-14-16(13-25-28)21-15(8-10-29-21)12-24-17-6-7-18-20(11-17)27-22(26-18)19-5-3-4-9-23-19/h3-7,9,11,13-15,21,24H,2,8,10,12H2,1H3,(H,26,27)/t15-,21+/m0/s1. The molecule has 4 aromatic rings. The molecule has 4 heterocycles. The maximum atomic E-state index is 6.00.